The van der Waals surface area contributed by atoms with E-state index in [0.717, 1.165) is 4.90 Å². The van der Waals surface area contributed by atoms with E-state index in [0.29, 0.717) is 4.68 Å². The zero-order chi connectivity index (χ0) is 25.2. The minimum Gasteiger partial charge on any atom is -0.365 e. The van der Waals surface area contributed by atoms with Crippen LogP contribution in [0.1, 0.15) is 54.0 Å². The van der Waals surface area contributed by atoms with E-state index in [1.165, 1.54) is 6.08 Å². The molecule has 1 fully saturated rings. The molecule has 3 N–H and O–H groups in total. The van der Waals surface area contributed by atoms with E-state index in [1.807, 2.05) is 0 Å². The van der Waals surface area contributed by atoms with Crippen LogP contribution < -0.4 is 11.1 Å². The number of nitrogens with zero attached hydrogens (tertiary/aromatic N) is 3. The molecule has 1 aromatic rings. The molecular weight excluding hydrogens is 492 g/mol. The second-order valence-electron chi connectivity index (χ2n) is 8.79. The monoisotopic (exact) mass is 511 g/mol. The number of halogens is 7. The van der Waals surface area contributed by atoms with Gasteiger partial charge in [-0.05, 0) is 17.6 Å². The highest BCUT2D eigenvalue weighted by Crippen LogP contribution is 2.42. The molecule has 34 heavy (non-hydrogen) atoms. The van der Waals surface area contributed by atoms with Crippen LogP contribution in [-0.2, 0) is 6.54 Å². The van der Waals surface area contributed by atoms with Crippen LogP contribution in [0, 0.1) is 5.92 Å². The average molecular weight is 512 g/mol. The van der Waals surface area contributed by atoms with Crippen LogP contribution in [0.2, 0.25) is 0 Å². The number of hydrogen-bond donors (Lipinski definition) is 2. The maximum absolute atomic E-state index is 13.9. The third-order valence-corrected chi connectivity index (χ3v) is 6.51. The lowest BCUT2D eigenvalue weighted by molar-refractivity contribution is -0.177. The molecule has 0 bridgehead atoms. The summed E-state index contributed by atoms with van der Waals surface area (Å²) in [5.74, 6) is -5.19. The van der Waals surface area contributed by atoms with E-state index >= 15 is 0 Å². The summed E-state index contributed by atoms with van der Waals surface area (Å²) in [5.41, 5.74) is 4.95. The van der Waals surface area contributed by atoms with Crippen LogP contribution in [-0.4, -0.2) is 51.3 Å². The number of allylic oxidation sites excluding steroid dienone is 4. The lowest BCUT2D eigenvalue weighted by atomic mass is 9.88. The van der Waals surface area contributed by atoms with Crippen molar-refractivity contribution >= 4 is 29.1 Å². The number of nitrogens with two attached hydrogens (primary N) is 1. The van der Waals surface area contributed by atoms with Gasteiger partial charge < -0.3 is 16.0 Å². The van der Waals surface area contributed by atoms with Gasteiger partial charge in [0, 0.05) is 25.3 Å². The number of carbonyl (C=O) groups excluding carboxylic acids is 2. The first-order valence-electron chi connectivity index (χ1n) is 10.3. The lowest BCUT2D eigenvalue weighted by Crippen LogP contribution is -2.56. The maximum Gasteiger partial charge on any atom is 0.412 e. The number of fused-ring (bicyclic) bond motifs is 1. The van der Waals surface area contributed by atoms with Crippen molar-refractivity contribution in [3.63, 3.8) is 0 Å². The van der Waals surface area contributed by atoms with Crippen molar-refractivity contribution < 1.29 is 35.9 Å². The van der Waals surface area contributed by atoms with E-state index < -0.39 is 73.8 Å². The van der Waals surface area contributed by atoms with Crippen molar-refractivity contribution in [1.82, 2.24) is 20.0 Å². The van der Waals surface area contributed by atoms with Crippen LogP contribution in [0.5, 0.6) is 0 Å². The predicted molar refractivity (Wildman–Crippen MR) is 108 cm³/mol. The van der Waals surface area contributed by atoms with E-state index in [-0.39, 0.29) is 34.0 Å². The van der Waals surface area contributed by atoms with Gasteiger partial charge in [-0.15, -0.1) is 0 Å². The van der Waals surface area contributed by atoms with Crippen LogP contribution in [0.4, 0.5) is 31.1 Å². The van der Waals surface area contributed by atoms with Crippen molar-refractivity contribution in [3.8, 4) is 0 Å². The number of nitrogens with one attached hydrogen (secondary N) is 1. The second kappa shape index (κ2) is 8.21. The van der Waals surface area contributed by atoms with E-state index in [4.69, 9.17) is 17.3 Å². The van der Waals surface area contributed by atoms with Crippen molar-refractivity contribution in [2.45, 2.75) is 56.9 Å². The Morgan fingerprint density at radius 2 is 1.94 bits per heavy atom. The molecule has 7 nitrogen and oxygen atoms in total. The number of amides is 3. The van der Waals surface area contributed by atoms with Gasteiger partial charge in [0.25, 0.3) is 11.8 Å². The SMILES string of the molecule is CC1CC(F)=C(Cl)C=C1c1nn2c(c1C(N)=O)CN(C(=O)NC1CC(F)(F)C1)CC2C(F)(F)F. The molecule has 0 spiro atoms. The summed E-state index contributed by atoms with van der Waals surface area (Å²) in [6.45, 7) is 0.272. The zero-order valence-corrected chi connectivity index (χ0v) is 18.5. The first kappa shape index (κ1) is 24.4. The molecule has 3 aliphatic rings. The molecule has 4 rings (SSSR count). The number of aromatic nitrogens is 2. The quantitative estimate of drug-likeness (QED) is 0.594. The molecule has 1 saturated carbocycles. The minimum atomic E-state index is -4.87. The molecule has 0 aromatic carbocycles. The molecule has 1 aromatic heterocycles. The van der Waals surface area contributed by atoms with Crippen molar-refractivity contribution in [2.24, 2.45) is 11.7 Å². The van der Waals surface area contributed by atoms with Gasteiger partial charge in [-0.2, -0.15) is 18.3 Å². The summed E-state index contributed by atoms with van der Waals surface area (Å²) in [7, 11) is 0. The highest BCUT2D eigenvalue weighted by atomic mass is 35.5. The van der Waals surface area contributed by atoms with Gasteiger partial charge >= 0.3 is 12.2 Å². The summed E-state index contributed by atoms with van der Waals surface area (Å²) < 4.78 is 82.5. The Kier molecular flexibility index (Phi) is 5.90. The normalized spacial score (nSPS) is 24.9. The number of hydrogen-bond acceptors (Lipinski definition) is 3. The molecule has 2 aliphatic carbocycles. The fourth-order valence-corrected chi connectivity index (χ4v) is 4.63. The highest BCUT2D eigenvalue weighted by Gasteiger charge is 2.50. The predicted octanol–water partition coefficient (Wildman–Crippen LogP) is 4.25. The van der Waals surface area contributed by atoms with Gasteiger partial charge in [-0.3, -0.25) is 9.48 Å². The van der Waals surface area contributed by atoms with Crippen molar-refractivity contribution in [3.05, 3.63) is 33.9 Å². The van der Waals surface area contributed by atoms with Crippen molar-refractivity contribution in [2.75, 3.05) is 6.54 Å². The van der Waals surface area contributed by atoms with E-state index in [9.17, 15) is 35.9 Å². The Bertz CT molecular complexity index is 1100. The first-order valence-corrected chi connectivity index (χ1v) is 10.7. The van der Waals surface area contributed by atoms with E-state index in [1.54, 1.807) is 6.92 Å². The van der Waals surface area contributed by atoms with Crippen LogP contribution in [0.15, 0.2) is 16.9 Å². The number of carbonyl (C=O) groups is 2. The van der Waals surface area contributed by atoms with Gasteiger partial charge in [-0.25, -0.2) is 18.0 Å². The molecule has 14 heteroatoms. The number of rotatable bonds is 3. The first-order chi connectivity index (χ1) is 15.7. The third-order valence-electron chi connectivity index (χ3n) is 6.20. The Morgan fingerprint density at radius 1 is 1.29 bits per heavy atom. The largest absolute Gasteiger partial charge is 0.412 e. The molecule has 2 atom stereocenters. The van der Waals surface area contributed by atoms with E-state index in [2.05, 4.69) is 10.4 Å². The smallest absolute Gasteiger partial charge is 0.365 e. The molecule has 3 amide bonds. The van der Waals surface area contributed by atoms with Gasteiger partial charge in [0.2, 0.25) is 0 Å². The molecule has 186 valence electrons. The standard InChI is InChI=1S/C20H20ClF6N5O2/c1-8-2-12(22)11(21)3-10(8)16-15(17(28)33)13-6-31(7-14(20(25,26)27)32(13)30-16)18(34)29-9-4-19(23,24)5-9/h3,8-9,14H,2,4-7H2,1H3,(H2,28,33)(H,29,34). The average Bonchev–Trinajstić information content (AvgIpc) is 3.07. The zero-order valence-electron chi connectivity index (χ0n) is 17.7. The second-order valence-corrected chi connectivity index (χ2v) is 9.19. The molecule has 0 saturated heterocycles. The van der Waals surface area contributed by atoms with Gasteiger partial charge in [0.05, 0.1) is 29.4 Å². The Labute approximate surface area is 194 Å². The topological polar surface area (TPSA) is 93.2 Å². The van der Waals surface area contributed by atoms with Gasteiger partial charge in [0.15, 0.2) is 6.04 Å². The van der Waals surface area contributed by atoms with Crippen LogP contribution in [0.3, 0.4) is 0 Å². The summed E-state index contributed by atoms with van der Waals surface area (Å²) in [4.78, 5) is 25.7. The highest BCUT2D eigenvalue weighted by molar-refractivity contribution is 6.32. The molecule has 0 radical (unpaired) electrons. The summed E-state index contributed by atoms with van der Waals surface area (Å²) >= 11 is 5.87. The number of alkyl halides is 5. The Balaban J connectivity index is 1.74. The molecule has 2 unspecified atom stereocenters. The van der Waals surface area contributed by atoms with Crippen LogP contribution >= 0.6 is 11.6 Å². The summed E-state index contributed by atoms with van der Waals surface area (Å²) in [6, 6.07) is -4.17. The molecular formula is C20H20ClF6N5O2. The summed E-state index contributed by atoms with van der Waals surface area (Å²) in [5, 5.41) is 6.06. The fourth-order valence-electron chi connectivity index (χ4n) is 4.43. The number of primary amides is 1. The number of urea groups is 1. The third kappa shape index (κ3) is 4.37. The maximum atomic E-state index is 13.9. The van der Waals surface area contributed by atoms with Gasteiger partial charge in [0.1, 0.15) is 11.5 Å². The van der Waals surface area contributed by atoms with Gasteiger partial charge in [-0.1, -0.05) is 18.5 Å². The van der Waals surface area contributed by atoms with Crippen molar-refractivity contribution in [1.29, 1.82) is 0 Å². The molecule has 2 heterocycles. The van der Waals surface area contributed by atoms with Crippen LogP contribution in [0.25, 0.3) is 5.57 Å². The minimum absolute atomic E-state index is 0.145. The lowest BCUT2D eigenvalue weighted by Gasteiger charge is -2.39. The Morgan fingerprint density at radius 3 is 2.50 bits per heavy atom. The fraction of sp³-hybridized carbons (Fsp3) is 0.550. The Hall–Kier alpha value is -2.70. The molecule has 1 aliphatic heterocycles. The summed E-state index contributed by atoms with van der Waals surface area (Å²) in [6.07, 6.45) is -5.04.